The maximum atomic E-state index is 5.47. The number of anilines is 3. The topological polar surface area (TPSA) is 98.0 Å². The highest BCUT2D eigenvalue weighted by Crippen LogP contribution is 2.22. The van der Waals surface area contributed by atoms with Crippen molar-refractivity contribution in [1.82, 2.24) is 15.0 Å². The van der Waals surface area contributed by atoms with Crippen LogP contribution in [0.1, 0.15) is 19.4 Å². The monoisotopic (exact) mass is 352 g/mol. The lowest BCUT2D eigenvalue weighted by Crippen LogP contribution is -2.15. The van der Waals surface area contributed by atoms with Gasteiger partial charge in [-0.3, -0.25) is 5.43 Å². The molecule has 1 heterocycles. The molecule has 8 heteroatoms. The number of rotatable bonds is 5. The molecule has 0 unspecified atom stereocenters. The standard InChI is InChI=1S/C13H17BrN6O/c1-7(2)21-13-18-11(17-12(19-13)20-15)16-9-4-5-10(14)8(3)6-9/h4-7H,15H2,1-3H3,(H2,16,17,18,19,20). The van der Waals surface area contributed by atoms with Gasteiger partial charge in [-0.25, -0.2) is 5.84 Å². The minimum atomic E-state index is -0.0409. The number of aromatic nitrogens is 3. The minimum absolute atomic E-state index is 0.0409. The number of benzene rings is 1. The third kappa shape index (κ3) is 4.27. The lowest BCUT2D eigenvalue weighted by Gasteiger charge is -2.11. The molecule has 1 aromatic carbocycles. The van der Waals surface area contributed by atoms with Gasteiger partial charge in [0.15, 0.2) is 0 Å². The van der Waals surface area contributed by atoms with Crippen LogP contribution in [0.25, 0.3) is 0 Å². The van der Waals surface area contributed by atoms with Gasteiger partial charge in [0.25, 0.3) is 0 Å². The van der Waals surface area contributed by atoms with E-state index in [0.29, 0.717) is 5.95 Å². The largest absolute Gasteiger partial charge is 0.461 e. The Bertz CT molecular complexity index is 634. The van der Waals surface area contributed by atoms with Crippen molar-refractivity contribution in [3.63, 3.8) is 0 Å². The van der Waals surface area contributed by atoms with Gasteiger partial charge >= 0.3 is 6.01 Å². The highest BCUT2D eigenvalue weighted by Gasteiger charge is 2.09. The SMILES string of the molecule is Cc1cc(Nc2nc(NN)nc(OC(C)C)n2)ccc1Br. The Morgan fingerprint density at radius 1 is 1.19 bits per heavy atom. The van der Waals surface area contributed by atoms with E-state index in [-0.39, 0.29) is 18.1 Å². The van der Waals surface area contributed by atoms with Crippen LogP contribution in [-0.4, -0.2) is 21.1 Å². The van der Waals surface area contributed by atoms with Gasteiger partial charge in [0, 0.05) is 10.2 Å². The first-order chi connectivity index (χ1) is 9.97. The van der Waals surface area contributed by atoms with Crippen molar-refractivity contribution in [3.8, 4) is 6.01 Å². The molecule has 2 rings (SSSR count). The third-order valence-corrected chi connectivity index (χ3v) is 3.39. The number of nitrogens with two attached hydrogens (primary N) is 1. The summed E-state index contributed by atoms with van der Waals surface area (Å²) in [6, 6.07) is 6.06. The van der Waals surface area contributed by atoms with E-state index in [1.807, 2.05) is 39.0 Å². The number of hydrogen-bond acceptors (Lipinski definition) is 7. The zero-order chi connectivity index (χ0) is 15.4. The fourth-order valence-electron chi connectivity index (χ4n) is 1.59. The molecule has 7 nitrogen and oxygen atoms in total. The zero-order valence-electron chi connectivity index (χ0n) is 12.0. The third-order valence-electron chi connectivity index (χ3n) is 2.50. The highest BCUT2D eigenvalue weighted by atomic mass is 79.9. The number of halogens is 1. The molecule has 0 fully saturated rings. The summed E-state index contributed by atoms with van der Waals surface area (Å²) in [5.74, 6) is 5.95. The van der Waals surface area contributed by atoms with E-state index in [1.54, 1.807) is 0 Å². The fourth-order valence-corrected chi connectivity index (χ4v) is 1.84. The van der Waals surface area contributed by atoms with Crippen molar-refractivity contribution in [2.24, 2.45) is 5.84 Å². The van der Waals surface area contributed by atoms with Crippen molar-refractivity contribution >= 4 is 33.5 Å². The van der Waals surface area contributed by atoms with Gasteiger partial charge in [0.1, 0.15) is 0 Å². The van der Waals surface area contributed by atoms with E-state index in [1.165, 1.54) is 0 Å². The van der Waals surface area contributed by atoms with Crippen molar-refractivity contribution in [2.45, 2.75) is 26.9 Å². The van der Waals surface area contributed by atoms with Crippen LogP contribution in [0.3, 0.4) is 0 Å². The van der Waals surface area contributed by atoms with Crippen LogP contribution in [0.2, 0.25) is 0 Å². The first-order valence-corrected chi connectivity index (χ1v) is 7.19. The van der Waals surface area contributed by atoms with E-state index in [2.05, 4.69) is 41.6 Å². The summed E-state index contributed by atoms with van der Waals surface area (Å²) in [6.07, 6.45) is -0.0409. The van der Waals surface area contributed by atoms with Crippen LogP contribution >= 0.6 is 15.9 Å². The zero-order valence-corrected chi connectivity index (χ0v) is 13.6. The van der Waals surface area contributed by atoms with Crippen molar-refractivity contribution < 1.29 is 4.74 Å². The van der Waals surface area contributed by atoms with Crippen LogP contribution in [0, 0.1) is 6.92 Å². The van der Waals surface area contributed by atoms with Crippen molar-refractivity contribution in [2.75, 3.05) is 10.7 Å². The second kappa shape index (κ2) is 6.68. The van der Waals surface area contributed by atoms with Gasteiger partial charge in [-0.15, -0.1) is 0 Å². The first-order valence-electron chi connectivity index (χ1n) is 6.40. The van der Waals surface area contributed by atoms with Gasteiger partial charge < -0.3 is 10.1 Å². The predicted octanol–water partition coefficient (Wildman–Crippen LogP) is 2.76. The molecule has 0 radical (unpaired) electrons. The Morgan fingerprint density at radius 3 is 2.52 bits per heavy atom. The predicted molar refractivity (Wildman–Crippen MR) is 85.6 cm³/mol. The molecule has 2 aromatic rings. The molecule has 0 aliphatic heterocycles. The van der Waals surface area contributed by atoms with Crippen LogP contribution < -0.4 is 21.3 Å². The van der Waals surface area contributed by atoms with E-state index in [0.717, 1.165) is 15.7 Å². The maximum absolute atomic E-state index is 5.47. The molecule has 1 aromatic heterocycles. The highest BCUT2D eigenvalue weighted by molar-refractivity contribution is 9.10. The summed E-state index contributed by atoms with van der Waals surface area (Å²) in [7, 11) is 0. The Balaban J connectivity index is 2.27. The first kappa shape index (κ1) is 15.5. The molecule has 0 saturated carbocycles. The average Bonchev–Trinajstić information content (AvgIpc) is 2.42. The molecule has 0 aliphatic rings. The summed E-state index contributed by atoms with van der Waals surface area (Å²) < 4.78 is 6.51. The molecule has 0 spiro atoms. The van der Waals surface area contributed by atoms with E-state index >= 15 is 0 Å². The Morgan fingerprint density at radius 2 is 1.90 bits per heavy atom. The smallest absolute Gasteiger partial charge is 0.323 e. The molecule has 4 N–H and O–H groups in total. The molecule has 0 atom stereocenters. The number of ether oxygens (including phenoxy) is 1. The van der Waals surface area contributed by atoms with E-state index in [9.17, 15) is 0 Å². The molecular weight excluding hydrogens is 336 g/mol. The normalized spacial score (nSPS) is 10.6. The van der Waals surface area contributed by atoms with Gasteiger partial charge in [-0.05, 0) is 44.5 Å². The van der Waals surface area contributed by atoms with Crippen molar-refractivity contribution in [3.05, 3.63) is 28.2 Å². The summed E-state index contributed by atoms with van der Waals surface area (Å²) >= 11 is 3.46. The van der Waals surface area contributed by atoms with Gasteiger partial charge in [-0.2, -0.15) is 15.0 Å². The van der Waals surface area contributed by atoms with Crippen LogP contribution in [-0.2, 0) is 0 Å². The minimum Gasteiger partial charge on any atom is -0.461 e. The Labute approximate surface area is 131 Å². The summed E-state index contributed by atoms with van der Waals surface area (Å²) in [5, 5.41) is 3.10. The van der Waals surface area contributed by atoms with E-state index in [4.69, 9.17) is 10.6 Å². The Hall–Kier alpha value is -1.93. The molecule has 21 heavy (non-hydrogen) atoms. The van der Waals surface area contributed by atoms with E-state index < -0.39 is 0 Å². The van der Waals surface area contributed by atoms with Crippen molar-refractivity contribution in [1.29, 1.82) is 0 Å². The fraction of sp³-hybridized carbons (Fsp3) is 0.308. The van der Waals surface area contributed by atoms with Crippen LogP contribution in [0.4, 0.5) is 17.6 Å². The lowest BCUT2D eigenvalue weighted by atomic mass is 10.2. The number of aryl methyl sites for hydroxylation is 1. The molecule has 112 valence electrons. The maximum Gasteiger partial charge on any atom is 0.323 e. The lowest BCUT2D eigenvalue weighted by molar-refractivity contribution is 0.222. The number of nitrogens with one attached hydrogen (secondary N) is 2. The Kier molecular flexibility index (Phi) is 4.92. The van der Waals surface area contributed by atoms with Crippen LogP contribution in [0.15, 0.2) is 22.7 Å². The summed E-state index contributed by atoms with van der Waals surface area (Å²) in [4.78, 5) is 12.4. The summed E-state index contributed by atoms with van der Waals surface area (Å²) in [5.41, 5.74) is 4.36. The molecule has 0 aliphatic carbocycles. The summed E-state index contributed by atoms with van der Waals surface area (Å²) in [6.45, 7) is 5.79. The van der Waals surface area contributed by atoms with Crippen LogP contribution in [0.5, 0.6) is 6.01 Å². The quantitative estimate of drug-likeness (QED) is 0.562. The number of nitrogens with zero attached hydrogens (tertiary/aromatic N) is 3. The van der Waals surface area contributed by atoms with Gasteiger partial charge in [0.05, 0.1) is 6.10 Å². The molecule has 0 bridgehead atoms. The number of hydrazine groups is 1. The molecule has 0 amide bonds. The molecule has 0 saturated heterocycles. The number of hydrogen-bond donors (Lipinski definition) is 3. The van der Waals surface area contributed by atoms with Gasteiger partial charge in [0.2, 0.25) is 11.9 Å². The molecular formula is C13H17BrN6O. The average molecular weight is 353 g/mol. The van der Waals surface area contributed by atoms with Gasteiger partial charge in [-0.1, -0.05) is 15.9 Å². The second-order valence-corrected chi connectivity index (χ2v) is 5.52. The second-order valence-electron chi connectivity index (χ2n) is 4.67. The number of nitrogen functional groups attached to an aromatic ring is 1.